The molecule has 0 radical (unpaired) electrons. The van der Waals surface area contributed by atoms with E-state index < -0.39 is 0 Å². The van der Waals surface area contributed by atoms with Gasteiger partial charge >= 0.3 is 0 Å². The van der Waals surface area contributed by atoms with Crippen molar-refractivity contribution in [1.82, 2.24) is 5.32 Å². The van der Waals surface area contributed by atoms with Crippen LogP contribution in [0.25, 0.3) is 0 Å². The molecule has 2 N–H and O–H groups in total. The van der Waals surface area contributed by atoms with Crippen molar-refractivity contribution in [3.8, 4) is 5.75 Å². The van der Waals surface area contributed by atoms with E-state index >= 15 is 0 Å². The number of carbonyl (C=O) groups excluding carboxylic acids is 2. The number of anilines is 1. The van der Waals surface area contributed by atoms with E-state index in [0.717, 1.165) is 6.42 Å². The zero-order valence-electron chi connectivity index (χ0n) is 16.7. The van der Waals surface area contributed by atoms with Crippen LogP contribution in [0.3, 0.4) is 0 Å². The molecule has 0 bridgehead atoms. The Kier molecular flexibility index (Phi) is 8.49. The second-order valence-corrected chi connectivity index (χ2v) is 6.35. The van der Waals surface area contributed by atoms with Crippen molar-refractivity contribution in [2.24, 2.45) is 0 Å². The monoisotopic (exact) mass is 384 g/mol. The second-order valence-electron chi connectivity index (χ2n) is 6.35. The molecule has 2 aromatic carbocycles. The predicted molar refractivity (Wildman–Crippen MR) is 110 cm³/mol. The maximum Gasteiger partial charge on any atom is 0.255 e. The third-order valence-electron chi connectivity index (χ3n) is 4.23. The molecular formula is C22H28N2O4. The van der Waals surface area contributed by atoms with Gasteiger partial charge in [0, 0.05) is 18.2 Å². The average molecular weight is 384 g/mol. The Bertz CT molecular complexity index is 774. The van der Waals surface area contributed by atoms with E-state index in [9.17, 15) is 9.59 Å². The lowest BCUT2D eigenvalue weighted by atomic mass is 10.1. The quantitative estimate of drug-likeness (QED) is 0.610. The molecule has 150 valence electrons. The zero-order valence-corrected chi connectivity index (χ0v) is 16.7. The normalized spacial score (nSPS) is 11.5. The summed E-state index contributed by atoms with van der Waals surface area (Å²) >= 11 is 0. The maximum atomic E-state index is 12.6. The van der Waals surface area contributed by atoms with E-state index in [-0.39, 0.29) is 17.9 Å². The van der Waals surface area contributed by atoms with Gasteiger partial charge in [0.2, 0.25) is 0 Å². The summed E-state index contributed by atoms with van der Waals surface area (Å²) in [5.41, 5.74) is 1.40. The Morgan fingerprint density at radius 2 is 1.68 bits per heavy atom. The molecule has 0 aliphatic carbocycles. The Hall–Kier alpha value is -2.86. The first-order valence-corrected chi connectivity index (χ1v) is 9.57. The molecule has 2 aromatic rings. The molecule has 0 heterocycles. The predicted octanol–water partition coefficient (Wildman–Crippen LogP) is 3.88. The van der Waals surface area contributed by atoms with Crippen LogP contribution in [0.2, 0.25) is 0 Å². The summed E-state index contributed by atoms with van der Waals surface area (Å²) in [6.07, 6.45) is 0.833. The highest BCUT2D eigenvalue weighted by Gasteiger charge is 2.15. The molecule has 2 rings (SSSR count). The molecule has 0 fully saturated rings. The van der Waals surface area contributed by atoms with Crippen LogP contribution in [0.15, 0.2) is 48.5 Å². The van der Waals surface area contributed by atoms with Gasteiger partial charge in [-0.25, -0.2) is 0 Å². The summed E-state index contributed by atoms with van der Waals surface area (Å²) in [5, 5.41) is 5.74. The first-order chi connectivity index (χ1) is 13.5. The van der Waals surface area contributed by atoms with E-state index in [2.05, 4.69) is 10.6 Å². The lowest BCUT2D eigenvalue weighted by Gasteiger charge is -2.15. The fourth-order valence-electron chi connectivity index (χ4n) is 2.45. The van der Waals surface area contributed by atoms with E-state index in [4.69, 9.17) is 9.47 Å². The van der Waals surface area contributed by atoms with Crippen LogP contribution in [0, 0.1) is 0 Å². The number of hydrogen-bond acceptors (Lipinski definition) is 4. The van der Waals surface area contributed by atoms with Gasteiger partial charge in [0.1, 0.15) is 12.4 Å². The fraction of sp³-hybridized carbons (Fsp3) is 0.364. The van der Waals surface area contributed by atoms with Crippen molar-refractivity contribution in [2.45, 2.75) is 33.2 Å². The number of benzene rings is 2. The zero-order chi connectivity index (χ0) is 20.4. The number of carbonyl (C=O) groups is 2. The standard InChI is InChI=1S/C22H28N2O4/c1-4-16(3)23-22(26)19-8-6-7-9-20(19)24-21(25)17-10-12-18(13-11-17)28-15-14-27-5-2/h6-13,16H,4-5,14-15H2,1-3H3,(H,23,26)(H,24,25). The van der Waals surface area contributed by atoms with Gasteiger partial charge in [-0.15, -0.1) is 0 Å². The first kappa shape index (κ1) is 21.4. The topological polar surface area (TPSA) is 76.7 Å². The highest BCUT2D eigenvalue weighted by atomic mass is 16.5. The molecule has 0 aliphatic rings. The third kappa shape index (κ3) is 6.39. The minimum absolute atomic E-state index is 0.0616. The molecule has 0 aliphatic heterocycles. The number of amides is 2. The number of hydrogen-bond donors (Lipinski definition) is 2. The Morgan fingerprint density at radius 1 is 0.964 bits per heavy atom. The summed E-state index contributed by atoms with van der Waals surface area (Å²) in [6, 6.07) is 13.9. The number of para-hydroxylation sites is 1. The lowest BCUT2D eigenvalue weighted by Crippen LogP contribution is -2.32. The molecule has 6 heteroatoms. The summed E-state index contributed by atoms with van der Waals surface area (Å²) in [5.74, 6) is 0.178. The molecular weight excluding hydrogens is 356 g/mol. The van der Waals surface area contributed by atoms with Crippen molar-refractivity contribution < 1.29 is 19.1 Å². The Balaban J connectivity index is 2.02. The summed E-state index contributed by atoms with van der Waals surface area (Å²) in [7, 11) is 0. The smallest absolute Gasteiger partial charge is 0.255 e. The van der Waals surface area contributed by atoms with Crippen LogP contribution in [0.5, 0.6) is 5.75 Å². The first-order valence-electron chi connectivity index (χ1n) is 9.57. The maximum absolute atomic E-state index is 12.6. The second kappa shape index (κ2) is 11.1. The molecule has 0 saturated heterocycles. The van der Waals surface area contributed by atoms with E-state index in [1.54, 1.807) is 48.5 Å². The van der Waals surface area contributed by atoms with Crippen LogP contribution < -0.4 is 15.4 Å². The average Bonchev–Trinajstić information content (AvgIpc) is 2.71. The molecule has 1 unspecified atom stereocenters. The fourth-order valence-corrected chi connectivity index (χ4v) is 2.45. The molecule has 0 saturated carbocycles. The summed E-state index contributed by atoms with van der Waals surface area (Å²) < 4.78 is 10.8. The van der Waals surface area contributed by atoms with Crippen LogP contribution in [-0.4, -0.2) is 37.7 Å². The summed E-state index contributed by atoms with van der Waals surface area (Å²) in [4.78, 5) is 25.0. The highest BCUT2D eigenvalue weighted by molar-refractivity contribution is 6.09. The number of nitrogens with one attached hydrogen (secondary N) is 2. The van der Waals surface area contributed by atoms with E-state index in [1.165, 1.54) is 0 Å². The van der Waals surface area contributed by atoms with Gasteiger partial charge in [-0.05, 0) is 56.7 Å². The van der Waals surface area contributed by atoms with Gasteiger partial charge in [-0.2, -0.15) is 0 Å². The minimum Gasteiger partial charge on any atom is -0.491 e. The van der Waals surface area contributed by atoms with Gasteiger partial charge in [0.25, 0.3) is 11.8 Å². The SMILES string of the molecule is CCOCCOc1ccc(C(=O)Nc2ccccc2C(=O)NC(C)CC)cc1. The van der Waals surface area contributed by atoms with Crippen molar-refractivity contribution in [2.75, 3.05) is 25.1 Å². The third-order valence-corrected chi connectivity index (χ3v) is 4.23. The van der Waals surface area contributed by atoms with Gasteiger partial charge in [0.05, 0.1) is 17.9 Å². The van der Waals surface area contributed by atoms with Crippen molar-refractivity contribution in [3.63, 3.8) is 0 Å². The van der Waals surface area contributed by atoms with Gasteiger partial charge < -0.3 is 20.1 Å². The molecule has 6 nitrogen and oxygen atoms in total. The Labute approximate surface area is 166 Å². The van der Waals surface area contributed by atoms with Crippen molar-refractivity contribution >= 4 is 17.5 Å². The molecule has 2 amide bonds. The van der Waals surface area contributed by atoms with E-state index in [0.29, 0.717) is 42.4 Å². The van der Waals surface area contributed by atoms with Crippen LogP contribution >= 0.6 is 0 Å². The molecule has 0 aromatic heterocycles. The highest BCUT2D eigenvalue weighted by Crippen LogP contribution is 2.18. The van der Waals surface area contributed by atoms with Crippen LogP contribution in [0.4, 0.5) is 5.69 Å². The van der Waals surface area contributed by atoms with Gasteiger partial charge in [-0.3, -0.25) is 9.59 Å². The van der Waals surface area contributed by atoms with E-state index in [1.807, 2.05) is 20.8 Å². The Morgan fingerprint density at radius 3 is 2.36 bits per heavy atom. The molecule has 0 spiro atoms. The van der Waals surface area contributed by atoms with Crippen molar-refractivity contribution in [1.29, 1.82) is 0 Å². The largest absolute Gasteiger partial charge is 0.491 e. The summed E-state index contributed by atoms with van der Waals surface area (Å²) in [6.45, 7) is 7.51. The van der Waals surface area contributed by atoms with Gasteiger partial charge in [-0.1, -0.05) is 19.1 Å². The van der Waals surface area contributed by atoms with Crippen LogP contribution in [-0.2, 0) is 4.74 Å². The number of rotatable bonds is 10. The minimum atomic E-state index is -0.287. The van der Waals surface area contributed by atoms with Crippen molar-refractivity contribution in [3.05, 3.63) is 59.7 Å². The lowest BCUT2D eigenvalue weighted by molar-refractivity contribution is 0.0940. The van der Waals surface area contributed by atoms with Gasteiger partial charge in [0.15, 0.2) is 0 Å². The number of ether oxygens (including phenoxy) is 2. The molecule has 1 atom stereocenters. The molecule has 28 heavy (non-hydrogen) atoms. The van der Waals surface area contributed by atoms with Crippen LogP contribution in [0.1, 0.15) is 47.9 Å².